The first kappa shape index (κ1) is 29.6. The summed E-state index contributed by atoms with van der Waals surface area (Å²) in [5.74, 6) is 1.68. The lowest BCUT2D eigenvalue weighted by atomic mass is 10.1. The van der Waals surface area contributed by atoms with Gasteiger partial charge in [-0.05, 0) is 49.5 Å². The van der Waals surface area contributed by atoms with E-state index < -0.39 is 18.4 Å². The number of methoxy groups -OCH3 is 1. The van der Waals surface area contributed by atoms with Crippen LogP contribution < -0.4 is 18.6 Å². The molecule has 0 bridgehead atoms. The number of nitrogens with zero attached hydrogens (tertiary/aromatic N) is 2. The number of fused-ring (bicyclic) bond motifs is 2. The fourth-order valence-corrected chi connectivity index (χ4v) is 6.04. The maximum Gasteiger partial charge on any atom is 0.262 e. The minimum absolute atomic E-state index is 0.604. The first-order valence-corrected chi connectivity index (χ1v) is 18.3. The van der Waals surface area contributed by atoms with Crippen LogP contribution in [0.1, 0.15) is 17.5 Å². The van der Waals surface area contributed by atoms with Crippen molar-refractivity contribution >= 4 is 68.6 Å². The molecule has 0 N–H and O–H groups in total. The van der Waals surface area contributed by atoms with Gasteiger partial charge in [-0.15, -0.1) is 0 Å². The number of hydrogen-bond acceptors (Lipinski definition) is 7. The van der Waals surface area contributed by atoms with Crippen molar-refractivity contribution in [2.75, 3.05) is 32.4 Å². The Morgan fingerprint density at radius 1 is 1.05 bits per heavy atom. The second-order valence-corrected chi connectivity index (χ2v) is 17.0. The monoisotopic (exact) mass is 572 g/mol. The van der Waals surface area contributed by atoms with Crippen LogP contribution in [0.4, 0.5) is 5.69 Å². The maximum atomic E-state index is 9.08. The Balaban J connectivity index is 0.000000732. The van der Waals surface area contributed by atoms with E-state index in [4.69, 9.17) is 22.1 Å². The molecule has 4 rings (SSSR count). The van der Waals surface area contributed by atoms with Gasteiger partial charge < -0.3 is 18.6 Å². The number of rotatable bonds is 7. The first-order valence-electron chi connectivity index (χ1n) is 12.2. The van der Waals surface area contributed by atoms with Gasteiger partial charge in [-0.2, -0.15) is 4.57 Å². The average Bonchev–Trinajstić information content (AvgIpc) is 3.15. The number of aromatic nitrogens is 1. The molecular weight excluding hydrogens is 537 g/mol. The van der Waals surface area contributed by atoms with E-state index in [0.29, 0.717) is 6.26 Å². The number of anilines is 1. The van der Waals surface area contributed by atoms with Gasteiger partial charge in [-0.3, -0.25) is 0 Å². The lowest BCUT2D eigenvalue weighted by Gasteiger charge is -2.25. The number of benzene rings is 3. The summed E-state index contributed by atoms with van der Waals surface area (Å²) >= 11 is 1.83. The second kappa shape index (κ2) is 11.9. The molecule has 0 aliphatic carbocycles. The molecule has 1 aromatic heterocycles. The Hall–Kier alpha value is -2.92. The van der Waals surface area contributed by atoms with Gasteiger partial charge in [0.05, 0.1) is 22.9 Å². The molecule has 204 valence electrons. The zero-order valence-corrected chi connectivity index (χ0v) is 25.9. The Kier molecular flexibility index (Phi) is 9.24. The summed E-state index contributed by atoms with van der Waals surface area (Å²) in [7, 11) is 0.0860. The molecule has 0 spiro atoms. The summed E-state index contributed by atoms with van der Waals surface area (Å²) in [5.41, 5.74) is 3.43. The van der Waals surface area contributed by atoms with Crippen molar-refractivity contribution in [2.45, 2.75) is 33.1 Å². The van der Waals surface area contributed by atoms with Crippen LogP contribution in [0.2, 0.25) is 19.6 Å². The highest BCUT2D eigenvalue weighted by atomic mass is 32.2. The minimum atomic E-state index is -3.92. The highest BCUT2D eigenvalue weighted by Crippen LogP contribution is 2.37. The molecule has 0 saturated heterocycles. The van der Waals surface area contributed by atoms with Gasteiger partial charge in [0.2, 0.25) is 13.8 Å². The van der Waals surface area contributed by atoms with E-state index in [9.17, 15) is 0 Å². The minimum Gasteiger partial charge on any atom is -0.748 e. The fraction of sp³-hybridized carbons (Fsp3) is 0.321. The molecule has 10 heteroatoms. The van der Waals surface area contributed by atoms with Crippen molar-refractivity contribution < 1.29 is 26.7 Å². The summed E-state index contributed by atoms with van der Waals surface area (Å²) in [6, 6.07) is 17.3. The third kappa shape index (κ3) is 7.79. The van der Waals surface area contributed by atoms with Crippen molar-refractivity contribution in [2.24, 2.45) is 0 Å². The number of hydrogen-bond donors (Lipinski definition) is 0. The van der Waals surface area contributed by atoms with Gasteiger partial charge in [0, 0.05) is 50.2 Å². The SMILES string of the molecule is CC[n+]1c(/C=C/c2c(O[Si](C)(C)C)cc(OC)cc2N(C)C)sc2cc3ccccc3cc21.CS(=O)(=O)[O-]. The number of ether oxygens (including phenoxy) is 1. The van der Waals surface area contributed by atoms with E-state index in [-0.39, 0.29) is 0 Å². The third-order valence-corrected chi connectivity index (χ3v) is 7.48. The normalized spacial score (nSPS) is 12.0. The molecule has 38 heavy (non-hydrogen) atoms. The third-order valence-electron chi connectivity index (χ3n) is 5.53. The van der Waals surface area contributed by atoms with E-state index >= 15 is 0 Å². The number of thiazole rings is 1. The van der Waals surface area contributed by atoms with Crippen LogP contribution >= 0.6 is 11.3 Å². The molecule has 0 fully saturated rings. The molecular formula is C28H36N2O5S2Si. The average molecular weight is 573 g/mol. The van der Waals surface area contributed by atoms with Gasteiger partial charge >= 0.3 is 0 Å². The summed E-state index contributed by atoms with van der Waals surface area (Å²) in [6.45, 7) is 9.74. The molecule has 4 aromatic rings. The zero-order valence-electron chi connectivity index (χ0n) is 23.2. The molecule has 0 aliphatic rings. The van der Waals surface area contributed by atoms with E-state index in [2.05, 4.69) is 105 Å². The highest BCUT2D eigenvalue weighted by molar-refractivity contribution is 7.84. The predicted octanol–water partition coefficient (Wildman–Crippen LogP) is 5.98. The number of aryl methyl sites for hydroxylation is 1. The molecule has 0 unspecified atom stereocenters. The van der Waals surface area contributed by atoms with Crippen molar-refractivity contribution in [1.82, 2.24) is 0 Å². The van der Waals surface area contributed by atoms with Crippen molar-refractivity contribution in [1.29, 1.82) is 0 Å². The van der Waals surface area contributed by atoms with Crippen LogP contribution in [-0.4, -0.2) is 48.7 Å². The summed E-state index contributed by atoms with van der Waals surface area (Å²) in [6.07, 6.45) is 5.03. The maximum absolute atomic E-state index is 9.08. The van der Waals surface area contributed by atoms with Crippen molar-refractivity contribution in [3.8, 4) is 11.5 Å². The molecule has 1 heterocycles. The van der Waals surface area contributed by atoms with Crippen molar-refractivity contribution in [3.63, 3.8) is 0 Å². The smallest absolute Gasteiger partial charge is 0.262 e. The largest absolute Gasteiger partial charge is 0.748 e. The van der Waals surface area contributed by atoms with E-state index in [0.717, 1.165) is 29.3 Å². The van der Waals surface area contributed by atoms with E-state index in [1.807, 2.05) is 17.4 Å². The van der Waals surface area contributed by atoms with Crippen LogP contribution in [0, 0.1) is 0 Å². The summed E-state index contributed by atoms with van der Waals surface area (Å²) in [5, 5.41) is 3.78. The van der Waals surface area contributed by atoms with Crippen molar-refractivity contribution in [3.05, 3.63) is 59.1 Å². The van der Waals surface area contributed by atoms with Crippen LogP contribution in [0.25, 0.3) is 33.1 Å². The quantitative estimate of drug-likeness (QED) is 0.154. The zero-order chi connectivity index (χ0) is 28.3. The molecule has 7 nitrogen and oxygen atoms in total. The molecule has 3 aromatic carbocycles. The van der Waals surface area contributed by atoms with Gasteiger partial charge in [0.1, 0.15) is 22.7 Å². The van der Waals surface area contributed by atoms with Gasteiger partial charge in [0.15, 0.2) is 0 Å². The van der Waals surface area contributed by atoms with Gasteiger partial charge in [-0.1, -0.05) is 35.6 Å². The molecule has 0 radical (unpaired) electrons. The Labute approximate surface area is 230 Å². The first-order chi connectivity index (χ1) is 17.7. The van der Waals surface area contributed by atoms with Crippen LogP contribution in [-0.2, 0) is 16.7 Å². The van der Waals surface area contributed by atoms with Gasteiger partial charge in [-0.25, -0.2) is 8.42 Å². The lowest BCUT2D eigenvalue weighted by molar-refractivity contribution is -0.665. The fourth-order valence-electron chi connectivity index (χ4n) is 4.05. The summed E-state index contributed by atoms with van der Waals surface area (Å²) < 4.78 is 43.0. The molecule has 0 atom stereocenters. The highest BCUT2D eigenvalue weighted by Gasteiger charge is 2.22. The Morgan fingerprint density at radius 3 is 2.18 bits per heavy atom. The van der Waals surface area contributed by atoms with Gasteiger partial charge in [0.25, 0.3) is 5.01 Å². The summed E-state index contributed by atoms with van der Waals surface area (Å²) in [4.78, 5) is 2.12. The van der Waals surface area contributed by atoms with E-state index in [1.165, 1.54) is 26.0 Å². The van der Waals surface area contributed by atoms with Crippen LogP contribution in [0.15, 0.2) is 48.5 Å². The Bertz CT molecular complexity index is 1560. The predicted molar refractivity (Wildman–Crippen MR) is 161 cm³/mol. The second-order valence-electron chi connectivity index (χ2n) is 10.1. The van der Waals surface area contributed by atoms with Crippen LogP contribution in [0.5, 0.6) is 11.5 Å². The molecule has 0 amide bonds. The Morgan fingerprint density at radius 2 is 1.66 bits per heavy atom. The molecule has 0 aliphatic heterocycles. The lowest BCUT2D eigenvalue weighted by Crippen LogP contribution is -2.33. The topological polar surface area (TPSA) is 82.8 Å². The van der Waals surface area contributed by atoms with E-state index in [1.54, 1.807) is 7.11 Å². The molecule has 0 saturated carbocycles. The van der Waals surface area contributed by atoms with Crippen LogP contribution in [0.3, 0.4) is 0 Å². The standard InChI is InChI=1S/C27H33N2O2SSi.CH4O3S/c1-8-29-24-15-19-11-9-10-12-20(19)16-26(24)32-27(29)14-13-22-23(28(2)3)17-21(30-4)18-25(22)31-33(5,6)7;1-5(2,3)4/h9-18H,8H2,1-7H3;1H3,(H,2,3,4)/q+1;/p-1.